The Morgan fingerprint density at radius 3 is 2.07 bits per heavy atom. The lowest BCUT2D eigenvalue weighted by Crippen LogP contribution is -2.46. The van der Waals surface area contributed by atoms with E-state index in [-0.39, 0.29) is 17.9 Å². The molecule has 0 aromatic heterocycles. The van der Waals surface area contributed by atoms with Crippen molar-refractivity contribution in [1.82, 2.24) is 10.2 Å². The lowest BCUT2D eigenvalue weighted by Gasteiger charge is -2.32. The van der Waals surface area contributed by atoms with Crippen molar-refractivity contribution >= 4 is 11.8 Å². The number of ether oxygens (including phenoxy) is 2. The normalized spacial score (nSPS) is 14.4. The highest BCUT2D eigenvalue weighted by atomic mass is 16.5. The van der Waals surface area contributed by atoms with Crippen LogP contribution < -0.4 is 14.8 Å². The van der Waals surface area contributed by atoms with Crippen LogP contribution >= 0.6 is 0 Å². The lowest BCUT2D eigenvalue weighted by molar-refractivity contribution is 0.0697. The van der Waals surface area contributed by atoms with Crippen LogP contribution in [0.5, 0.6) is 11.5 Å². The summed E-state index contributed by atoms with van der Waals surface area (Å²) in [5.41, 5.74) is 3.49. The van der Waals surface area contributed by atoms with Crippen LogP contribution in [0, 0.1) is 13.8 Å². The molecule has 1 heterocycles. The number of nitrogens with zero attached hydrogens (tertiary/aromatic N) is 1. The highest BCUT2D eigenvalue weighted by molar-refractivity contribution is 5.96. The molecule has 1 N–H and O–H groups in total. The molecule has 0 bridgehead atoms. The first-order chi connectivity index (χ1) is 13.9. The van der Waals surface area contributed by atoms with Gasteiger partial charge in [0.15, 0.2) is 0 Å². The number of hydrogen-bond donors (Lipinski definition) is 1. The number of methoxy groups -OCH3 is 2. The number of carbonyl (C=O) groups excluding carboxylic acids is 2. The fraction of sp³-hybridized carbons (Fsp3) is 0.391. The number of rotatable bonds is 5. The van der Waals surface area contributed by atoms with Crippen molar-refractivity contribution in [2.45, 2.75) is 32.7 Å². The van der Waals surface area contributed by atoms with Gasteiger partial charge in [0.1, 0.15) is 11.5 Å². The molecule has 3 rings (SSSR count). The van der Waals surface area contributed by atoms with E-state index >= 15 is 0 Å². The average molecular weight is 396 g/mol. The van der Waals surface area contributed by atoms with Crippen molar-refractivity contribution in [2.24, 2.45) is 0 Å². The summed E-state index contributed by atoms with van der Waals surface area (Å²) in [4.78, 5) is 27.2. The standard InChI is InChI=1S/C23H28N2O4/c1-15-5-6-17(11-16(15)2)22(26)24-19-7-9-25(10-8-19)23(27)18-12-20(28-3)14-21(13-18)29-4/h5-6,11-14,19H,7-10H2,1-4H3,(H,24,26). The molecule has 0 aliphatic carbocycles. The van der Waals surface area contributed by atoms with Crippen LogP contribution in [-0.4, -0.2) is 50.1 Å². The molecular weight excluding hydrogens is 368 g/mol. The van der Waals surface area contributed by atoms with Crippen molar-refractivity contribution in [3.8, 4) is 11.5 Å². The van der Waals surface area contributed by atoms with Gasteiger partial charge in [0.05, 0.1) is 14.2 Å². The third-order valence-corrected chi connectivity index (χ3v) is 5.48. The molecule has 6 heteroatoms. The molecule has 1 aliphatic heterocycles. The number of carbonyl (C=O) groups is 2. The molecule has 0 atom stereocenters. The van der Waals surface area contributed by atoms with Gasteiger partial charge in [-0.1, -0.05) is 6.07 Å². The first-order valence-electron chi connectivity index (χ1n) is 9.81. The first-order valence-corrected chi connectivity index (χ1v) is 9.81. The van der Waals surface area contributed by atoms with Crippen molar-refractivity contribution in [3.63, 3.8) is 0 Å². The van der Waals surface area contributed by atoms with Crippen LogP contribution in [0.15, 0.2) is 36.4 Å². The average Bonchev–Trinajstić information content (AvgIpc) is 2.75. The summed E-state index contributed by atoms with van der Waals surface area (Å²) in [7, 11) is 3.12. The zero-order valence-electron chi connectivity index (χ0n) is 17.5. The highest BCUT2D eigenvalue weighted by Crippen LogP contribution is 2.24. The van der Waals surface area contributed by atoms with E-state index in [4.69, 9.17) is 9.47 Å². The molecule has 0 saturated carbocycles. The van der Waals surface area contributed by atoms with Gasteiger partial charge in [0, 0.05) is 36.3 Å². The minimum Gasteiger partial charge on any atom is -0.497 e. The predicted octanol–water partition coefficient (Wildman–Crippen LogP) is 3.36. The van der Waals surface area contributed by atoms with Crippen molar-refractivity contribution in [1.29, 1.82) is 0 Å². The largest absolute Gasteiger partial charge is 0.497 e. The molecule has 2 amide bonds. The topological polar surface area (TPSA) is 67.9 Å². The summed E-state index contributed by atoms with van der Waals surface area (Å²) >= 11 is 0. The smallest absolute Gasteiger partial charge is 0.254 e. The Kier molecular flexibility index (Phi) is 6.42. The highest BCUT2D eigenvalue weighted by Gasteiger charge is 2.25. The number of aryl methyl sites for hydroxylation is 2. The second kappa shape index (κ2) is 8.99. The maximum absolute atomic E-state index is 12.9. The van der Waals surface area contributed by atoms with Gasteiger partial charge in [-0.3, -0.25) is 9.59 Å². The Balaban J connectivity index is 1.59. The molecule has 1 aliphatic rings. The number of amides is 2. The lowest BCUT2D eigenvalue weighted by atomic mass is 10.0. The number of hydrogen-bond acceptors (Lipinski definition) is 4. The fourth-order valence-electron chi connectivity index (χ4n) is 3.49. The maximum atomic E-state index is 12.9. The molecule has 2 aromatic carbocycles. The molecule has 2 aromatic rings. The van der Waals surface area contributed by atoms with E-state index in [2.05, 4.69) is 5.32 Å². The number of benzene rings is 2. The van der Waals surface area contributed by atoms with Gasteiger partial charge < -0.3 is 19.7 Å². The van der Waals surface area contributed by atoms with Crippen molar-refractivity contribution in [2.75, 3.05) is 27.3 Å². The molecule has 0 radical (unpaired) electrons. The summed E-state index contributed by atoms with van der Waals surface area (Å²) in [5, 5.41) is 3.10. The zero-order valence-corrected chi connectivity index (χ0v) is 17.5. The van der Waals surface area contributed by atoms with Gasteiger partial charge in [-0.2, -0.15) is 0 Å². The van der Waals surface area contributed by atoms with E-state index in [1.807, 2.05) is 36.9 Å². The minimum absolute atomic E-state index is 0.0545. The van der Waals surface area contributed by atoms with E-state index in [1.165, 1.54) is 5.56 Å². The SMILES string of the molecule is COc1cc(OC)cc(C(=O)N2CCC(NC(=O)c3ccc(C)c(C)c3)CC2)c1. The molecule has 6 nitrogen and oxygen atoms in total. The van der Waals surface area contributed by atoms with Gasteiger partial charge in [-0.05, 0) is 62.1 Å². The maximum Gasteiger partial charge on any atom is 0.254 e. The Labute approximate surface area is 171 Å². The van der Waals surface area contributed by atoms with E-state index in [1.54, 1.807) is 32.4 Å². The van der Waals surface area contributed by atoms with Crippen LogP contribution in [0.2, 0.25) is 0 Å². The molecule has 0 spiro atoms. The quantitative estimate of drug-likeness (QED) is 0.842. The zero-order chi connectivity index (χ0) is 21.0. The number of nitrogens with one attached hydrogen (secondary N) is 1. The second-order valence-corrected chi connectivity index (χ2v) is 7.44. The molecule has 0 unspecified atom stereocenters. The minimum atomic E-state index is -0.0598. The van der Waals surface area contributed by atoms with Crippen LogP contribution in [0.25, 0.3) is 0 Å². The van der Waals surface area contributed by atoms with E-state index in [0.717, 1.165) is 18.4 Å². The molecule has 1 fully saturated rings. The molecule has 154 valence electrons. The summed E-state index contributed by atoms with van der Waals surface area (Å²) in [6.45, 7) is 5.22. The van der Waals surface area contributed by atoms with E-state index < -0.39 is 0 Å². The Bertz CT molecular complexity index is 879. The summed E-state index contributed by atoms with van der Waals surface area (Å²) in [6.07, 6.45) is 1.45. The Hall–Kier alpha value is -3.02. The van der Waals surface area contributed by atoms with Gasteiger partial charge in [0.25, 0.3) is 11.8 Å². The van der Waals surface area contributed by atoms with Gasteiger partial charge in [0.2, 0.25) is 0 Å². The van der Waals surface area contributed by atoms with Crippen LogP contribution in [0.4, 0.5) is 0 Å². The second-order valence-electron chi connectivity index (χ2n) is 7.44. The monoisotopic (exact) mass is 396 g/mol. The molecular formula is C23H28N2O4. The van der Waals surface area contributed by atoms with Crippen LogP contribution in [0.3, 0.4) is 0 Å². The number of likely N-dealkylation sites (tertiary alicyclic amines) is 1. The predicted molar refractivity (Wildman–Crippen MR) is 112 cm³/mol. The van der Waals surface area contributed by atoms with Gasteiger partial charge in [-0.15, -0.1) is 0 Å². The fourth-order valence-corrected chi connectivity index (χ4v) is 3.49. The van der Waals surface area contributed by atoms with Crippen LogP contribution in [-0.2, 0) is 0 Å². The number of piperidine rings is 1. The van der Waals surface area contributed by atoms with Gasteiger partial charge >= 0.3 is 0 Å². The third-order valence-electron chi connectivity index (χ3n) is 5.48. The summed E-state index contributed by atoms with van der Waals surface area (Å²) in [5.74, 6) is 1.06. The van der Waals surface area contributed by atoms with E-state index in [9.17, 15) is 9.59 Å². The summed E-state index contributed by atoms with van der Waals surface area (Å²) in [6, 6.07) is 11.0. The van der Waals surface area contributed by atoms with Gasteiger partial charge in [-0.25, -0.2) is 0 Å². The Morgan fingerprint density at radius 2 is 1.52 bits per heavy atom. The molecule has 1 saturated heterocycles. The first kappa shape index (κ1) is 20.7. The van der Waals surface area contributed by atoms with Crippen molar-refractivity contribution < 1.29 is 19.1 Å². The van der Waals surface area contributed by atoms with E-state index in [0.29, 0.717) is 35.7 Å². The molecule has 29 heavy (non-hydrogen) atoms. The van der Waals surface area contributed by atoms with Crippen molar-refractivity contribution in [3.05, 3.63) is 58.7 Å². The van der Waals surface area contributed by atoms with Crippen LogP contribution in [0.1, 0.15) is 44.7 Å². The summed E-state index contributed by atoms with van der Waals surface area (Å²) < 4.78 is 10.5. The Morgan fingerprint density at radius 1 is 0.897 bits per heavy atom. The third kappa shape index (κ3) is 4.88.